The Labute approximate surface area is 166 Å². The first kappa shape index (κ1) is 18.9. The SMILES string of the molecule is O=C(Cn1c(=O)oc2ccccc21)Nc1cccc(S(=O)(=O)NC2=[NH+]CCC2)c1. The molecule has 10 heteroatoms. The van der Waals surface area contributed by atoms with Crippen LogP contribution in [0.5, 0.6) is 0 Å². The van der Waals surface area contributed by atoms with Gasteiger partial charge in [0.15, 0.2) is 5.58 Å². The quantitative estimate of drug-likeness (QED) is 0.532. The molecule has 9 nitrogen and oxygen atoms in total. The molecular formula is C19H19N4O5S+. The number of amidine groups is 1. The van der Waals surface area contributed by atoms with E-state index in [9.17, 15) is 18.0 Å². The second-order valence-corrected chi connectivity index (χ2v) is 8.29. The van der Waals surface area contributed by atoms with Gasteiger partial charge in [0, 0.05) is 5.69 Å². The minimum Gasteiger partial charge on any atom is -0.408 e. The maximum absolute atomic E-state index is 12.5. The first-order valence-electron chi connectivity index (χ1n) is 9.03. The van der Waals surface area contributed by atoms with Gasteiger partial charge in [-0.25, -0.2) is 4.79 Å². The van der Waals surface area contributed by atoms with Gasteiger partial charge in [-0.05, 0) is 36.8 Å². The molecule has 0 atom stereocenters. The van der Waals surface area contributed by atoms with Gasteiger partial charge < -0.3 is 9.73 Å². The van der Waals surface area contributed by atoms with Crippen LogP contribution >= 0.6 is 0 Å². The highest BCUT2D eigenvalue weighted by atomic mass is 32.2. The van der Waals surface area contributed by atoms with Crippen LogP contribution in [-0.2, 0) is 21.4 Å². The van der Waals surface area contributed by atoms with Gasteiger partial charge in [-0.1, -0.05) is 18.2 Å². The molecule has 2 aromatic carbocycles. The Morgan fingerprint density at radius 1 is 1.17 bits per heavy atom. The highest BCUT2D eigenvalue weighted by Gasteiger charge is 2.24. The van der Waals surface area contributed by atoms with Crippen molar-refractivity contribution >= 4 is 38.6 Å². The number of nitrogens with one attached hydrogen (secondary N) is 3. The minimum absolute atomic E-state index is 0.0300. The van der Waals surface area contributed by atoms with E-state index < -0.39 is 21.7 Å². The molecule has 0 fully saturated rings. The van der Waals surface area contributed by atoms with Gasteiger partial charge in [0.1, 0.15) is 11.4 Å². The minimum atomic E-state index is -3.76. The number of nitrogens with zero attached hydrogens (tertiary/aromatic N) is 1. The smallest absolute Gasteiger partial charge is 0.408 e. The summed E-state index contributed by atoms with van der Waals surface area (Å²) < 4.78 is 33.9. The number of carbonyl (C=O) groups is 1. The summed E-state index contributed by atoms with van der Waals surface area (Å²) >= 11 is 0. The molecule has 4 rings (SSSR count). The molecule has 1 amide bonds. The first-order chi connectivity index (χ1) is 13.9. The fourth-order valence-corrected chi connectivity index (χ4v) is 4.31. The van der Waals surface area contributed by atoms with E-state index in [1.807, 2.05) is 0 Å². The van der Waals surface area contributed by atoms with Crippen LogP contribution in [0, 0.1) is 0 Å². The number of hydrogen-bond donors (Lipinski definition) is 3. The number of carbonyl (C=O) groups excluding carboxylic acids is 1. The second-order valence-electron chi connectivity index (χ2n) is 6.61. The number of fused-ring (bicyclic) bond motifs is 1. The lowest BCUT2D eigenvalue weighted by molar-refractivity contribution is -0.448. The molecule has 0 spiro atoms. The van der Waals surface area contributed by atoms with E-state index in [-0.39, 0.29) is 11.4 Å². The number of sulfonamides is 1. The Morgan fingerprint density at radius 2 is 2.00 bits per heavy atom. The van der Waals surface area contributed by atoms with Crippen LogP contribution in [0.2, 0.25) is 0 Å². The summed E-state index contributed by atoms with van der Waals surface area (Å²) in [6, 6.07) is 12.7. The van der Waals surface area contributed by atoms with Crippen molar-refractivity contribution in [1.29, 1.82) is 0 Å². The Hall–Kier alpha value is -3.40. The van der Waals surface area contributed by atoms with E-state index in [2.05, 4.69) is 15.0 Å². The van der Waals surface area contributed by atoms with E-state index >= 15 is 0 Å². The molecule has 0 saturated carbocycles. The van der Waals surface area contributed by atoms with Crippen LogP contribution in [0.25, 0.3) is 11.1 Å². The molecule has 3 aromatic rings. The number of anilines is 1. The lowest BCUT2D eigenvalue weighted by Crippen LogP contribution is -2.72. The van der Waals surface area contributed by atoms with Crippen molar-refractivity contribution in [2.75, 3.05) is 11.9 Å². The molecule has 0 unspecified atom stereocenters. The third-order valence-corrected chi connectivity index (χ3v) is 5.89. The molecule has 0 aliphatic carbocycles. The van der Waals surface area contributed by atoms with Crippen LogP contribution in [0.15, 0.2) is 62.6 Å². The van der Waals surface area contributed by atoms with E-state index in [4.69, 9.17) is 4.42 Å². The first-order valence-corrected chi connectivity index (χ1v) is 10.5. The Balaban J connectivity index is 1.51. The zero-order chi connectivity index (χ0) is 20.4. The fourth-order valence-electron chi connectivity index (χ4n) is 3.15. The molecule has 1 aliphatic heterocycles. The number of benzene rings is 2. The highest BCUT2D eigenvalue weighted by molar-refractivity contribution is 7.90. The van der Waals surface area contributed by atoms with Gasteiger partial charge in [-0.3, -0.25) is 14.4 Å². The van der Waals surface area contributed by atoms with Crippen LogP contribution < -0.4 is 20.8 Å². The molecule has 0 bridgehead atoms. The van der Waals surface area contributed by atoms with Gasteiger partial charge in [-0.2, -0.15) is 13.1 Å². The Bertz CT molecular complexity index is 1270. The molecule has 29 heavy (non-hydrogen) atoms. The molecule has 3 N–H and O–H groups in total. The molecule has 1 aliphatic rings. The fraction of sp³-hybridized carbons (Fsp3) is 0.211. The average molecular weight is 415 g/mol. The van der Waals surface area contributed by atoms with Crippen molar-refractivity contribution in [3.8, 4) is 0 Å². The topological polar surface area (TPSA) is 124 Å². The number of aromatic nitrogens is 1. The summed E-state index contributed by atoms with van der Waals surface area (Å²) in [5.41, 5.74) is 1.21. The Kier molecular flexibility index (Phi) is 4.93. The molecular weight excluding hydrogens is 396 g/mol. The maximum Gasteiger partial charge on any atom is 0.420 e. The van der Waals surface area contributed by atoms with Crippen molar-refractivity contribution < 1.29 is 22.6 Å². The van der Waals surface area contributed by atoms with Crippen molar-refractivity contribution in [2.24, 2.45) is 0 Å². The van der Waals surface area contributed by atoms with Crippen molar-refractivity contribution in [3.63, 3.8) is 0 Å². The highest BCUT2D eigenvalue weighted by Crippen LogP contribution is 2.16. The summed E-state index contributed by atoms with van der Waals surface area (Å²) in [6.45, 7) is 0.475. The Morgan fingerprint density at radius 3 is 2.79 bits per heavy atom. The number of hydrogen-bond acceptors (Lipinski definition) is 5. The zero-order valence-electron chi connectivity index (χ0n) is 15.3. The lowest BCUT2D eigenvalue weighted by atomic mass is 10.3. The normalized spacial score (nSPS) is 14.0. The number of rotatable bonds is 5. The second kappa shape index (κ2) is 7.55. The standard InChI is InChI=1S/C19H18N4O5S/c24-18(12-23-15-7-1-2-8-16(15)28-19(23)25)21-13-5-3-6-14(11-13)29(26,27)22-17-9-4-10-20-17/h1-3,5-8,11H,4,9-10,12H2,(H,20,22)(H,21,24)/p+1. The zero-order valence-corrected chi connectivity index (χ0v) is 16.2. The predicted molar refractivity (Wildman–Crippen MR) is 106 cm³/mol. The van der Waals surface area contributed by atoms with E-state index in [0.717, 1.165) is 13.0 Å². The third kappa shape index (κ3) is 4.06. The van der Waals surface area contributed by atoms with Crippen LogP contribution in [0.1, 0.15) is 12.8 Å². The van der Waals surface area contributed by atoms with Gasteiger partial charge in [0.25, 0.3) is 5.84 Å². The van der Waals surface area contributed by atoms with Crippen molar-refractivity contribution in [2.45, 2.75) is 24.3 Å². The third-order valence-electron chi connectivity index (χ3n) is 4.50. The van der Waals surface area contributed by atoms with Gasteiger partial charge >= 0.3 is 15.8 Å². The van der Waals surface area contributed by atoms with Crippen LogP contribution in [-0.4, -0.2) is 31.3 Å². The number of para-hydroxylation sites is 2. The van der Waals surface area contributed by atoms with Gasteiger partial charge in [0.05, 0.1) is 18.5 Å². The van der Waals surface area contributed by atoms with Crippen molar-refractivity contribution in [3.05, 3.63) is 59.1 Å². The molecule has 2 heterocycles. The average Bonchev–Trinajstić information content (AvgIpc) is 3.29. The number of oxazole rings is 1. The van der Waals surface area contributed by atoms with E-state index in [0.29, 0.717) is 29.0 Å². The predicted octanol–water partition coefficient (Wildman–Crippen LogP) is -0.216. The molecule has 0 radical (unpaired) electrons. The molecule has 0 saturated heterocycles. The molecule has 1 aromatic heterocycles. The van der Waals surface area contributed by atoms with Gasteiger partial charge in [0.2, 0.25) is 5.91 Å². The van der Waals surface area contributed by atoms with E-state index in [1.54, 1.807) is 30.3 Å². The summed E-state index contributed by atoms with van der Waals surface area (Å²) in [5.74, 6) is -0.554. The lowest BCUT2D eigenvalue weighted by Gasteiger charge is -2.08. The maximum atomic E-state index is 12.5. The monoisotopic (exact) mass is 415 g/mol. The summed E-state index contributed by atoms with van der Waals surface area (Å²) in [7, 11) is -3.76. The summed E-state index contributed by atoms with van der Waals surface area (Å²) in [4.78, 5) is 27.4. The van der Waals surface area contributed by atoms with Gasteiger partial charge in [-0.15, -0.1) is 0 Å². The van der Waals surface area contributed by atoms with E-state index in [1.165, 1.54) is 22.8 Å². The molecule has 150 valence electrons. The largest absolute Gasteiger partial charge is 0.420 e. The summed E-state index contributed by atoms with van der Waals surface area (Å²) in [5, 5.41) is 2.62. The summed E-state index contributed by atoms with van der Waals surface area (Å²) in [6.07, 6.45) is 1.51. The number of amides is 1. The van der Waals surface area contributed by atoms with Crippen molar-refractivity contribution in [1.82, 2.24) is 9.29 Å². The van der Waals surface area contributed by atoms with Crippen LogP contribution in [0.3, 0.4) is 0 Å². The van der Waals surface area contributed by atoms with Crippen LogP contribution in [0.4, 0.5) is 5.69 Å².